The fourth-order valence-electron chi connectivity index (χ4n) is 3.64. The fourth-order valence-corrected chi connectivity index (χ4v) is 3.64. The largest absolute Gasteiger partial charge is 0.487 e. The molecule has 0 aliphatic heterocycles. The molecule has 2 N–H and O–H groups in total. The Morgan fingerprint density at radius 3 is 2.46 bits per heavy atom. The molecule has 4 aromatic rings. The maximum atomic E-state index is 12.7. The number of nitrogens with two attached hydrogens (primary N) is 1. The highest BCUT2D eigenvalue weighted by Crippen LogP contribution is 2.29. The SMILES string of the molecule is NCCc1cn(CCCCc2ccc(OCc3coc(C=Cc4ccc(C(F)(F)F)cc4)n3)cc2)nn1. The smallest absolute Gasteiger partial charge is 0.416 e. The number of benzene rings is 2. The Bertz CT molecular complexity index is 1280. The number of hydrogen-bond acceptors (Lipinski definition) is 6. The fraction of sp³-hybridized carbons (Fsp3) is 0.296. The van der Waals surface area contributed by atoms with Crippen molar-refractivity contribution in [3.8, 4) is 5.75 Å². The molecule has 2 aromatic heterocycles. The lowest BCUT2D eigenvalue weighted by Crippen LogP contribution is -2.03. The van der Waals surface area contributed by atoms with Crippen molar-refractivity contribution in [2.45, 2.75) is 45.0 Å². The molecular formula is C27H28F3N5O2. The zero-order chi connectivity index (χ0) is 26.1. The second-order valence-electron chi connectivity index (χ2n) is 8.53. The lowest BCUT2D eigenvalue weighted by molar-refractivity contribution is -0.137. The van der Waals surface area contributed by atoms with E-state index in [2.05, 4.69) is 15.3 Å². The second kappa shape index (κ2) is 12.4. The second-order valence-corrected chi connectivity index (χ2v) is 8.53. The molecule has 2 heterocycles. The number of unbranched alkanes of at least 4 members (excludes halogenated alkanes) is 1. The van der Waals surface area contributed by atoms with Gasteiger partial charge in [0.2, 0.25) is 5.89 Å². The Morgan fingerprint density at radius 2 is 1.73 bits per heavy atom. The van der Waals surface area contributed by atoms with Crippen LogP contribution in [-0.2, 0) is 32.2 Å². The Hall–Kier alpha value is -3.92. The molecule has 0 saturated carbocycles. The van der Waals surface area contributed by atoms with Gasteiger partial charge in [0.15, 0.2) is 0 Å². The van der Waals surface area contributed by atoms with Crippen LogP contribution in [0.25, 0.3) is 12.2 Å². The summed E-state index contributed by atoms with van der Waals surface area (Å²) in [5, 5.41) is 8.22. The summed E-state index contributed by atoms with van der Waals surface area (Å²) in [6, 6.07) is 12.8. The highest BCUT2D eigenvalue weighted by Gasteiger charge is 2.29. The Labute approximate surface area is 212 Å². The van der Waals surface area contributed by atoms with Crippen LogP contribution in [0, 0.1) is 0 Å². The molecule has 0 saturated heterocycles. The Morgan fingerprint density at radius 1 is 0.946 bits per heavy atom. The molecule has 4 rings (SSSR count). The minimum atomic E-state index is -4.35. The summed E-state index contributed by atoms with van der Waals surface area (Å²) >= 11 is 0. The lowest BCUT2D eigenvalue weighted by Gasteiger charge is -2.06. The molecule has 0 aliphatic carbocycles. The van der Waals surface area contributed by atoms with Gasteiger partial charge in [0.25, 0.3) is 0 Å². The van der Waals surface area contributed by atoms with E-state index in [-0.39, 0.29) is 6.61 Å². The van der Waals surface area contributed by atoms with Crippen molar-refractivity contribution in [1.82, 2.24) is 20.0 Å². The predicted molar refractivity (Wildman–Crippen MR) is 133 cm³/mol. The van der Waals surface area contributed by atoms with Crippen LogP contribution in [-0.4, -0.2) is 26.5 Å². The van der Waals surface area contributed by atoms with E-state index in [4.69, 9.17) is 14.9 Å². The van der Waals surface area contributed by atoms with Gasteiger partial charge in [0, 0.05) is 25.2 Å². The van der Waals surface area contributed by atoms with Crippen LogP contribution in [0.5, 0.6) is 5.75 Å². The Kier molecular flexibility index (Phi) is 8.73. The van der Waals surface area contributed by atoms with E-state index in [1.54, 1.807) is 12.2 Å². The number of alkyl halides is 3. The van der Waals surface area contributed by atoms with Crippen LogP contribution in [0.1, 0.15) is 46.8 Å². The topological polar surface area (TPSA) is 92.0 Å². The van der Waals surface area contributed by atoms with Crippen molar-refractivity contribution < 1.29 is 22.3 Å². The van der Waals surface area contributed by atoms with Gasteiger partial charge in [0.05, 0.1) is 11.3 Å². The normalized spacial score (nSPS) is 11.9. The maximum Gasteiger partial charge on any atom is 0.416 e. The third kappa shape index (κ3) is 8.04. The van der Waals surface area contributed by atoms with Crippen molar-refractivity contribution >= 4 is 12.2 Å². The predicted octanol–water partition coefficient (Wildman–Crippen LogP) is 5.56. The molecule has 0 fully saturated rings. The summed E-state index contributed by atoms with van der Waals surface area (Å²) in [7, 11) is 0. The van der Waals surface area contributed by atoms with Crippen molar-refractivity contribution in [3.63, 3.8) is 0 Å². The molecule has 0 spiro atoms. The number of nitrogens with zero attached hydrogens (tertiary/aromatic N) is 4. The van der Waals surface area contributed by atoms with Gasteiger partial charge < -0.3 is 14.9 Å². The summed E-state index contributed by atoms with van der Waals surface area (Å²) in [5.74, 6) is 1.07. The molecular weight excluding hydrogens is 483 g/mol. The molecule has 0 bridgehead atoms. The average molecular weight is 512 g/mol. The van der Waals surface area contributed by atoms with Crippen LogP contribution in [0.3, 0.4) is 0 Å². The standard InChI is InChI=1S/C27H28F3N5O2/c28-27(29,30)22-9-4-21(5-10-22)8-13-26-32-24(19-37-26)18-36-25-11-6-20(7-12-25)3-1-2-16-35-17-23(14-15-31)33-34-35/h4-13,17,19H,1-3,14-16,18,31H2. The first-order valence-electron chi connectivity index (χ1n) is 12.0. The van der Waals surface area contributed by atoms with E-state index in [9.17, 15) is 13.2 Å². The van der Waals surface area contributed by atoms with E-state index >= 15 is 0 Å². The summed E-state index contributed by atoms with van der Waals surface area (Å²) in [6.45, 7) is 1.64. The van der Waals surface area contributed by atoms with E-state index in [1.807, 2.05) is 35.1 Å². The number of oxazole rings is 1. The zero-order valence-electron chi connectivity index (χ0n) is 20.2. The summed E-state index contributed by atoms with van der Waals surface area (Å²) in [5.41, 5.74) is 8.23. The van der Waals surface area contributed by atoms with E-state index in [0.717, 1.165) is 55.8 Å². The van der Waals surface area contributed by atoms with Gasteiger partial charge in [-0.25, -0.2) is 4.98 Å². The van der Waals surface area contributed by atoms with Crippen LogP contribution in [0.15, 0.2) is 65.4 Å². The summed E-state index contributed by atoms with van der Waals surface area (Å²) in [6.07, 6.45) is 6.08. The van der Waals surface area contributed by atoms with Gasteiger partial charge in [-0.05, 0) is 67.3 Å². The lowest BCUT2D eigenvalue weighted by atomic mass is 10.1. The van der Waals surface area contributed by atoms with Gasteiger partial charge in [-0.15, -0.1) is 5.10 Å². The van der Waals surface area contributed by atoms with Crippen LogP contribution < -0.4 is 10.5 Å². The highest BCUT2D eigenvalue weighted by molar-refractivity contribution is 5.66. The number of rotatable bonds is 12. The number of halogens is 3. The molecule has 0 amide bonds. The van der Waals surface area contributed by atoms with E-state index in [0.29, 0.717) is 23.7 Å². The number of aryl methyl sites for hydroxylation is 2. The molecule has 7 nitrogen and oxygen atoms in total. The summed E-state index contributed by atoms with van der Waals surface area (Å²) < 4.78 is 51.0. The van der Waals surface area contributed by atoms with E-state index in [1.165, 1.54) is 24.0 Å². The monoisotopic (exact) mass is 511 g/mol. The first-order chi connectivity index (χ1) is 17.9. The Balaban J connectivity index is 1.18. The van der Waals surface area contributed by atoms with Gasteiger partial charge >= 0.3 is 6.18 Å². The number of aromatic nitrogens is 4. The van der Waals surface area contributed by atoms with Gasteiger partial charge in [-0.2, -0.15) is 13.2 Å². The number of ether oxygens (including phenoxy) is 1. The van der Waals surface area contributed by atoms with Crippen LogP contribution in [0.4, 0.5) is 13.2 Å². The van der Waals surface area contributed by atoms with Gasteiger partial charge in [-0.3, -0.25) is 4.68 Å². The van der Waals surface area contributed by atoms with Crippen LogP contribution in [0.2, 0.25) is 0 Å². The molecule has 0 unspecified atom stereocenters. The first-order valence-corrected chi connectivity index (χ1v) is 12.0. The van der Waals surface area contributed by atoms with Crippen molar-refractivity contribution in [1.29, 1.82) is 0 Å². The molecule has 2 aromatic carbocycles. The van der Waals surface area contributed by atoms with Gasteiger partial charge in [-0.1, -0.05) is 29.5 Å². The average Bonchev–Trinajstić information content (AvgIpc) is 3.54. The molecule has 0 radical (unpaired) electrons. The minimum Gasteiger partial charge on any atom is -0.487 e. The minimum absolute atomic E-state index is 0.237. The highest BCUT2D eigenvalue weighted by atomic mass is 19.4. The van der Waals surface area contributed by atoms with Crippen molar-refractivity contribution in [2.75, 3.05) is 6.54 Å². The molecule has 0 aliphatic rings. The summed E-state index contributed by atoms with van der Waals surface area (Å²) in [4.78, 5) is 4.33. The van der Waals surface area contributed by atoms with E-state index < -0.39 is 11.7 Å². The first kappa shape index (κ1) is 26.2. The quantitative estimate of drug-likeness (QED) is 0.251. The number of hydrogen-bond donors (Lipinski definition) is 1. The maximum absolute atomic E-state index is 12.7. The molecule has 37 heavy (non-hydrogen) atoms. The van der Waals surface area contributed by atoms with Crippen molar-refractivity contribution in [2.24, 2.45) is 5.73 Å². The third-order valence-corrected chi connectivity index (χ3v) is 5.63. The van der Waals surface area contributed by atoms with Gasteiger partial charge in [0.1, 0.15) is 24.3 Å². The van der Waals surface area contributed by atoms with Crippen LogP contribution >= 0.6 is 0 Å². The molecule has 0 atom stereocenters. The molecule has 10 heteroatoms. The van der Waals surface area contributed by atoms with Crippen molar-refractivity contribution in [3.05, 3.63) is 95.0 Å². The third-order valence-electron chi connectivity index (χ3n) is 5.63. The molecule has 194 valence electrons. The zero-order valence-corrected chi connectivity index (χ0v) is 20.2.